The smallest absolute Gasteiger partial charge is 0.320 e. The summed E-state index contributed by atoms with van der Waals surface area (Å²) in [5, 5.41) is 12.0. The van der Waals surface area contributed by atoms with Gasteiger partial charge in [0.1, 0.15) is 6.04 Å². The zero-order chi connectivity index (χ0) is 10.8. The van der Waals surface area contributed by atoms with Gasteiger partial charge in [-0.25, -0.2) is 0 Å². The Balaban J connectivity index is 1.91. The molecule has 1 aliphatic carbocycles. The van der Waals surface area contributed by atoms with Crippen LogP contribution in [0.25, 0.3) is 0 Å². The summed E-state index contributed by atoms with van der Waals surface area (Å²) in [7, 11) is 0. The lowest BCUT2D eigenvalue weighted by molar-refractivity contribution is -0.139. The van der Waals surface area contributed by atoms with Crippen molar-refractivity contribution in [2.24, 2.45) is 17.8 Å². The Labute approximate surface area is 90.6 Å². The number of aliphatic carboxylic acids is 1. The number of rotatable bonds is 2. The van der Waals surface area contributed by atoms with Crippen molar-refractivity contribution in [3.05, 3.63) is 12.2 Å². The molecule has 0 aromatic carbocycles. The topological polar surface area (TPSA) is 49.3 Å². The molecule has 0 spiro atoms. The van der Waals surface area contributed by atoms with E-state index in [1.54, 1.807) is 0 Å². The molecule has 0 aromatic rings. The summed E-state index contributed by atoms with van der Waals surface area (Å²) < 4.78 is 0. The van der Waals surface area contributed by atoms with Crippen molar-refractivity contribution in [3.63, 3.8) is 0 Å². The van der Waals surface area contributed by atoms with E-state index in [9.17, 15) is 4.79 Å². The predicted octanol–water partition coefficient (Wildman–Crippen LogP) is 1.65. The fraction of sp³-hybridized carbons (Fsp3) is 0.750. The lowest BCUT2D eigenvalue weighted by Gasteiger charge is -2.24. The van der Waals surface area contributed by atoms with Crippen LogP contribution >= 0.6 is 0 Å². The molecule has 84 valence electrons. The molecular weight excluding hydrogens is 190 g/mol. The summed E-state index contributed by atoms with van der Waals surface area (Å²) in [5.41, 5.74) is 0. The standard InChI is InChI=1S/C12H19NO2/c1-8-2-4-9(5-3-8)10-6-11(12(14)15)13-7-10/h2,4,8-11,13H,3,5-7H2,1H3,(H,14,15)/t8-,9-,10?,11-/m1/s1. The SMILES string of the molecule is C[C@@H]1C=C[C@@H](C2CN[C@@H](C(=O)O)C2)CC1. The van der Waals surface area contributed by atoms with Crippen LogP contribution in [0.15, 0.2) is 12.2 Å². The quantitative estimate of drug-likeness (QED) is 0.680. The van der Waals surface area contributed by atoms with Crippen molar-refractivity contribution < 1.29 is 9.90 Å². The average molecular weight is 209 g/mol. The highest BCUT2D eigenvalue weighted by molar-refractivity contribution is 5.73. The van der Waals surface area contributed by atoms with Gasteiger partial charge in [0.15, 0.2) is 0 Å². The summed E-state index contributed by atoms with van der Waals surface area (Å²) in [6, 6.07) is -0.317. The van der Waals surface area contributed by atoms with Gasteiger partial charge in [-0.05, 0) is 43.6 Å². The van der Waals surface area contributed by atoms with Crippen molar-refractivity contribution >= 4 is 5.97 Å². The monoisotopic (exact) mass is 209 g/mol. The second kappa shape index (κ2) is 4.35. The van der Waals surface area contributed by atoms with Gasteiger partial charge in [-0.3, -0.25) is 4.79 Å². The molecule has 0 saturated carbocycles. The first-order valence-corrected chi connectivity index (χ1v) is 5.81. The Morgan fingerprint density at radius 1 is 1.40 bits per heavy atom. The zero-order valence-electron chi connectivity index (χ0n) is 9.15. The summed E-state index contributed by atoms with van der Waals surface area (Å²) in [6.07, 6.45) is 7.83. The van der Waals surface area contributed by atoms with Gasteiger partial charge >= 0.3 is 5.97 Å². The van der Waals surface area contributed by atoms with Gasteiger partial charge in [0, 0.05) is 0 Å². The molecule has 1 aliphatic heterocycles. The van der Waals surface area contributed by atoms with Gasteiger partial charge < -0.3 is 10.4 Å². The maximum Gasteiger partial charge on any atom is 0.320 e. The van der Waals surface area contributed by atoms with E-state index in [4.69, 9.17) is 5.11 Å². The van der Waals surface area contributed by atoms with E-state index < -0.39 is 5.97 Å². The highest BCUT2D eigenvalue weighted by Gasteiger charge is 2.33. The molecule has 0 amide bonds. The minimum atomic E-state index is -0.703. The molecule has 0 aromatic heterocycles. The Morgan fingerprint density at radius 2 is 2.20 bits per heavy atom. The fourth-order valence-electron chi connectivity index (χ4n) is 2.65. The third-order valence-corrected chi connectivity index (χ3v) is 3.71. The number of carboxylic acid groups (broad SMARTS) is 1. The van der Waals surface area contributed by atoms with E-state index in [-0.39, 0.29) is 6.04 Å². The normalized spacial score (nSPS) is 40.6. The molecule has 0 bridgehead atoms. The van der Waals surface area contributed by atoms with Crippen molar-refractivity contribution in [2.45, 2.75) is 32.2 Å². The fourth-order valence-corrected chi connectivity index (χ4v) is 2.65. The predicted molar refractivity (Wildman–Crippen MR) is 58.6 cm³/mol. The molecule has 2 N–H and O–H groups in total. The molecule has 4 atom stereocenters. The lowest BCUT2D eigenvalue weighted by Crippen LogP contribution is -2.29. The number of allylic oxidation sites excluding steroid dienone is 2. The maximum absolute atomic E-state index is 10.8. The first kappa shape index (κ1) is 10.7. The molecular formula is C12H19NO2. The van der Waals surface area contributed by atoms with E-state index in [1.165, 1.54) is 12.8 Å². The van der Waals surface area contributed by atoms with Crippen molar-refractivity contribution in [2.75, 3.05) is 6.54 Å². The summed E-state index contributed by atoms with van der Waals surface area (Å²) in [5.74, 6) is 1.12. The van der Waals surface area contributed by atoms with E-state index in [0.29, 0.717) is 17.8 Å². The van der Waals surface area contributed by atoms with Crippen LogP contribution in [-0.2, 0) is 4.79 Å². The summed E-state index contributed by atoms with van der Waals surface area (Å²) >= 11 is 0. The van der Waals surface area contributed by atoms with Crippen LogP contribution in [0.3, 0.4) is 0 Å². The van der Waals surface area contributed by atoms with Gasteiger partial charge in [-0.2, -0.15) is 0 Å². The summed E-state index contributed by atoms with van der Waals surface area (Å²) in [6.45, 7) is 3.10. The lowest BCUT2D eigenvalue weighted by atomic mass is 9.80. The molecule has 3 nitrogen and oxygen atoms in total. The van der Waals surface area contributed by atoms with Crippen LogP contribution in [0.5, 0.6) is 0 Å². The first-order valence-electron chi connectivity index (χ1n) is 5.81. The largest absolute Gasteiger partial charge is 0.480 e. The molecule has 1 unspecified atom stereocenters. The minimum Gasteiger partial charge on any atom is -0.480 e. The van der Waals surface area contributed by atoms with Crippen LogP contribution in [0, 0.1) is 17.8 Å². The molecule has 2 aliphatic rings. The van der Waals surface area contributed by atoms with Crippen LogP contribution in [0.4, 0.5) is 0 Å². The molecule has 3 heteroatoms. The second-order valence-electron chi connectivity index (χ2n) is 4.90. The Morgan fingerprint density at radius 3 is 2.73 bits per heavy atom. The molecule has 1 fully saturated rings. The number of nitrogens with one attached hydrogen (secondary N) is 1. The summed E-state index contributed by atoms with van der Waals surface area (Å²) in [4.78, 5) is 10.8. The van der Waals surface area contributed by atoms with Crippen molar-refractivity contribution in [1.29, 1.82) is 0 Å². The van der Waals surface area contributed by atoms with Gasteiger partial charge in [-0.1, -0.05) is 19.1 Å². The molecule has 1 saturated heterocycles. The van der Waals surface area contributed by atoms with E-state index in [1.807, 2.05) is 0 Å². The van der Waals surface area contributed by atoms with Gasteiger partial charge in [0.05, 0.1) is 0 Å². The van der Waals surface area contributed by atoms with Crippen LogP contribution in [-0.4, -0.2) is 23.7 Å². The Kier molecular flexibility index (Phi) is 3.10. The minimum absolute atomic E-state index is 0.317. The number of carbonyl (C=O) groups is 1. The number of carboxylic acids is 1. The molecule has 0 radical (unpaired) electrons. The first-order chi connectivity index (χ1) is 7.16. The number of hydrogen-bond donors (Lipinski definition) is 2. The molecule has 1 heterocycles. The zero-order valence-corrected chi connectivity index (χ0v) is 9.15. The third kappa shape index (κ3) is 2.40. The van der Waals surface area contributed by atoms with Crippen LogP contribution in [0.1, 0.15) is 26.2 Å². The van der Waals surface area contributed by atoms with Gasteiger partial charge in [-0.15, -0.1) is 0 Å². The Bertz CT molecular complexity index is 275. The highest BCUT2D eigenvalue weighted by atomic mass is 16.4. The van der Waals surface area contributed by atoms with Gasteiger partial charge in [0.2, 0.25) is 0 Å². The highest BCUT2D eigenvalue weighted by Crippen LogP contribution is 2.32. The van der Waals surface area contributed by atoms with E-state index in [2.05, 4.69) is 24.4 Å². The molecule has 15 heavy (non-hydrogen) atoms. The van der Waals surface area contributed by atoms with Gasteiger partial charge in [0.25, 0.3) is 0 Å². The van der Waals surface area contributed by atoms with Crippen molar-refractivity contribution in [3.8, 4) is 0 Å². The van der Waals surface area contributed by atoms with Crippen molar-refractivity contribution in [1.82, 2.24) is 5.32 Å². The van der Waals surface area contributed by atoms with Crippen LogP contribution in [0.2, 0.25) is 0 Å². The van der Waals surface area contributed by atoms with Crippen LogP contribution < -0.4 is 5.32 Å². The number of hydrogen-bond acceptors (Lipinski definition) is 2. The van der Waals surface area contributed by atoms with E-state index >= 15 is 0 Å². The third-order valence-electron chi connectivity index (χ3n) is 3.71. The Hall–Kier alpha value is -0.830. The second-order valence-corrected chi connectivity index (χ2v) is 4.90. The average Bonchev–Trinajstić information content (AvgIpc) is 2.68. The van der Waals surface area contributed by atoms with E-state index in [0.717, 1.165) is 13.0 Å². The maximum atomic E-state index is 10.8. The molecule has 2 rings (SSSR count).